The average Bonchev–Trinajstić information content (AvgIpc) is 2.95. The first-order valence-corrected chi connectivity index (χ1v) is 6.04. The van der Waals surface area contributed by atoms with E-state index in [0.717, 1.165) is 12.8 Å². The van der Waals surface area contributed by atoms with Crippen LogP contribution in [-0.4, -0.2) is 46.2 Å². The van der Waals surface area contributed by atoms with Crippen LogP contribution in [0.3, 0.4) is 0 Å². The summed E-state index contributed by atoms with van der Waals surface area (Å²) in [7, 11) is 1.54. The third-order valence-corrected chi connectivity index (χ3v) is 4.26. The van der Waals surface area contributed by atoms with Crippen molar-refractivity contribution in [2.24, 2.45) is 5.92 Å². The first-order valence-electron chi connectivity index (χ1n) is 4.99. The van der Waals surface area contributed by atoms with Gasteiger partial charge in [0.25, 0.3) is 0 Å². The summed E-state index contributed by atoms with van der Waals surface area (Å²) in [5.74, 6) is 0.0927. The number of nitrogens with zero attached hydrogens (tertiary/aromatic N) is 1. The van der Waals surface area contributed by atoms with E-state index in [9.17, 15) is 9.59 Å². The summed E-state index contributed by atoms with van der Waals surface area (Å²) in [5.41, 5.74) is 0. The lowest BCUT2D eigenvalue weighted by atomic mass is 10.2. The zero-order valence-corrected chi connectivity index (χ0v) is 9.29. The van der Waals surface area contributed by atoms with Crippen molar-refractivity contribution in [3.63, 3.8) is 0 Å². The summed E-state index contributed by atoms with van der Waals surface area (Å²) in [4.78, 5) is 24.1. The number of amides is 2. The average molecular weight is 230 g/mol. The highest BCUT2D eigenvalue weighted by molar-refractivity contribution is 8.00. The van der Waals surface area contributed by atoms with Gasteiger partial charge in [0.15, 0.2) is 0 Å². The summed E-state index contributed by atoms with van der Waals surface area (Å²) in [6.07, 6.45) is 2.22. The fraction of sp³-hybridized carbons (Fsp3) is 0.778. The highest BCUT2D eigenvalue weighted by Crippen LogP contribution is 2.45. The molecule has 2 aliphatic rings. The lowest BCUT2D eigenvalue weighted by Gasteiger charge is -2.26. The maximum atomic E-state index is 11.6. The SMILES string of the molecule is CNC(=O)N1C(C(=O)O)CSC1C1CC1. The van der Waals surface area contributed by atoms with Gasteiger partial charge in [-0.1, -0.05) is 0 Å². The Hall–Kier alpha value is -0.910. The second-order valence-corrected chi connectivity index (χ2v) is 5.03. The Kier molecular flexibility index (Phi) is 2.77. The maximum Gasteiger partial charge on any atom is 0.327 e. The lowest BCUT2D eigenvalue weighted by Crippen LogP contribution is -2.49. The van der Waals surface area contributed by atoms with E-state index in [1.807, 2.05) is 0 Å². The summed E-state index contributed by atoms with van der Waals surface area (Å²) in [5, 5.41) is 11.6. The van der Waals surface area contributed by atoms with Crippen molar-refractivity contribution in [1.82, 2.24) is 10.2 Å². The Bertz CT molecular complexity index is 293. The van der Waals surface area contributed by atoms with Crippen LogP contribution in [0.5, 0.6) is 0 Å². The number of rotatable bonds is 2. The predicted molar refractivity (Wildman–Crippen MR) is 56.7 cm³/mol. The van der Waals surface area contributed by atoms with Gasteiger partial charge in [0.2, 0.25) is 0 Å². The van der Waals surface area contributed by atoms with Crippen LogP contribution in [0.15, 0.2) is 0 Å². The molecule has 2 fully saturated rings. The summed E-state index contributed by atoms with van der Waals surface area (Å²) < 4.78 is 0. The van der Waals surface area contributed by atoms with Gasteiger partial charge in [-0.3, -0.25) is 4.90 Å². The number of hydrogen-bond acceptors (Lipinski definition) is 3. The number of nitrogens with one attached hydrogen (secondary N) is 1. The van der Waals surface area contributed by atoms with E-state index in [1.165, 1.54) is 11.9 Å². The number of aliphatic carboxylic acids is 1. The monoisotopic (exact) mass is 230 g/mol. The van der Waals surface area contributed by atoms with Gasteiger partial charge in [-0.25, -0.2) is 9.59 Å². The molecule has 2 amide bonds. The van der Waals surface area contributed by atoms with Crippen molar-refractivity contribution in [3.8, 4) is 0 Å². The highest BCUT2D eigenvalue weighted by Gasteiger charge is 2.47. The highest BCUT2D eigenvalue weighted by atomic mass is 32.2. The van der Waals surface area contributed by atoms with Crippen LogP contribution in [0.25, 0.3) is 0 Å². The van der Waals surface area contributed by atoms with Gasteiger partial charge < -0.3 is 10.4 Å². The zero-order chi connectivity index (χ0) is 11.0. The minimum Gasteiger partial charge on any atom is -0.480 e. The molecular formula is C9H14N2O3S. The van der Waals surface area contributed by atoms with Crippen LogP contribution in [0.2, 0.25) is 0 Å². The largest absolute Gasteiger partial charge is 0.480 e. The van der Waals surface area contributed by atoms with E-state index in [-0.39, 0.29) is 11.4 Å². The van der Waals surface area contributed by atoms with Gasteiger partial charge in [0, 0.05) is 12.8 Å². The van der Waals surface area contributed by atoms with E-state index in [1.54, 1.807) is 11.8 Å². The van der Waals surface area contributed by atoms with Crippen molar-refractivity contribution < 1.29 is 14.7 Å². The molecule has 0 aromatic carbocycles. The fourth-order valence-electron chi connectivity index (χ4n) is 1.85. The molecule has 2 rings (SSSR count). The second kappa shape index (κ2) is 3.92. The molecule has 84 valence electrons. The minimum absolute atomic E-state index is 0.0612. The van der Waals surface area contributed by atoms with Crippen molar-refractivity contribution in [3.05, 3.63) is 0 Å². The molecule has 1 aliphatic heterocycles. The number of carboxylic acid groups (broad SMARTS) is 1. The number of carbonyl (C=O) groups is 2. The number of carboxylic acids is 1. The first-order chi connectivity index (χ1) is 7.15. The van der Waals surface area contributed by atoms with E-state index < -0.39 is 12.0 Å². The standard InChI is InChI=1S/C9H14N2O3S/c1-10-9(14)11-6(8(12)13)4-15-7(11)5-2-3-5/h5-7H,2-4H2,1H3,(H,10,14)(H,12,13). The Morgan fingerprint density at radius 3 is 2.60 bits per heavy atom. The Morgan fingerprint density at radius 2 is 2.13 bits per heavy atom. The van der Waals surface area contributed by atoms with E-state index in [0.29, 0.717) is 11.7 Å². The number of hydrogen-bond donors (Lipinski definition) is 2. The van der Waals surface area contributed by atoms with Crippen LogP contribution in [0, 0.1) is 5.92 Å². The number of carbonyl (C=O) groups excluding carboxylic acids is 1. The molecule has 5 nitrogen and oxygen atoms in total. The molecule has 1 saturated heterocycles. The van der Waals surface area contributed by atoms with E-state index in [2.05, 4.69) is 5.32 Å². The molecule has 0 bridgehead atoms. The Balaban J connectivity index is 2.14. The maximum absolute atomic E-state index is 11.6. The molecule has 0 aromatic heterocycles. The van der Waals surface area contributed by atoms with Crippen LogP contribution in [-0.2, 0) is 4.79 Å². The molecule has 0 aromatic rings. The van der Waals surface area contributed by atoms with Gasteiger partial charge in [-0.05, 0) is 18.8 Å². The van der Waals surface area contributed by atoms with Crippen molar-refractivity contribution in [2.45, 2.75) is 24.3 Å². The molecule has 0 spiro atoms. The lowest BCUT2D eigenvalue weighted by molar-refractivity contribution is -0.141. The van der Waals surface area contributed by atoms with E-state index >= 15 is 0 Å². The fourth-order valence-corrected chi connectivity index (χ4v) is 3.48. The summed E-state index contributed by atoms with van der Waals surface area (Å²) in [6.45, 7) is 0. The molecule has 2 unspecified atom stereocenters. The molecule has 2 N–H and O–H groups in total. The first kappa shape index (κ1) is 10.6. The number of urea groups is 1. The molecule has 0 radical (unpaired) electrons. The van der Waals surface area contributed by atoms with Crippen molar-refractivity contribution >= 4 is 23.8 Å². The van der Waals surface area contributed by atoms with Gasteiger partial charge in [0.05, 0.1) is 5.37 Å². The topological polar surface area (TPSA) is 69.6 Å². The smallest absolute Gasteiger partial charge is 0.327 e. The van der Waals surface area contributed by atoms with Gasteiger partial charge in [0.1, 0.15) is 6.04 Å². The van der Waals surface area contributed by atoms with Crippen LogP contribution < -0.4 is 5.32 Å². The second-order valence-electron chi connectivity index (χ2n) is 3.88. The molecule has 2 atom stereocenters. The minimum atomic E-state index is -0.908. The molecule has 1 aliphatic carbocycles. The normalized spacial score (nSPS) is 30.3. The van der Waals surface area contributed by atoms with Gasteiger partial charge in [-0.15, -0.1) is 11.8 Å². The molecular weight excluding hydrogens is 216 g/mol. The third kappa shape index (κ3) is 1.90. The third-order valence-electron chi connectivity index (χ3n) is 2.79. The molecule has 1 heterocycles. The van der Waals surface area contributed by atoms with Crippen LogP contribution >= 0.6 is 11.8 Å². The Morgan fingerprint density at radius 1 is 1.47 bits per heavy atom. The van der Waals surface area contributed by atoms with Gasteiger partial charge in [-0.2, -0.15) is 0 Å². The molecule has 1 saturated carbocycles. The quantitative estimate of drug-likeness (QED) is 0.727. The van der Waals surface area contributed by atoms with Crippen molar-refractivity contribution in [2.75, 3.05) is 12.8 Å². The Labute approximate surface area is 92.2 Å². The van der Waals surface area contributed by atoms with Gasteiger partial charge >= 0.3 is 12.0 Å². The summed E-state index contributed by atoms with van der Waals surface area (Å²) >= 11 is 1.59. The number of thioether (sulfide) groups is 1. The van der Waals surface area contributed by atoms with E-state index in [4.69, 9.17) is 5.11 Å². The van der Waals surface area contributed by atoms with Crippen molar-refractivity contribution in [1.29, 1.82) is 0 Å². The predicted octanol–water partition coefficient (Wildman–Crippen LogP) is 0.564. The molecule has 15 heavy (non-hydrogen) atoms. The molecule has 6 heteroatoms. The zero-order valence-electron chi connectivity index (χ0n) is 8.47. The van der Waals surface area contributed by atoms with Crippen LogP contribution in [0.4, 0.5) is 4.79 Å². The van der Waals surface area contributed by atoms with Crippen LogP contribution in [0.1, 0.15) is 12.8 Å². The summed E-state index contributed by atoms with van der Waals surface area (Å²) in [6, 6.07) is -0.940.